The molecule has 1 aromatic heterocycles. The van der Waals surface area contributed by atoms with Crippen LogP contribution in [0.4, 0.5) is 10.8 Å². The third-order valence-electron chi connectivity index (χ3n) is 4.12. The van der Waals surface area contributed by atoms with E-state index in [2.05, 4.69) is 26.6 Å². The third-order valence-corrected chi connectivity index (χ3v) is 6.01. The van der Waals surface area contributed by atoms with E-state index < -0.39 is 0 Å². The normalized spacial score (nSPS) is 11.4. The molecule has 1 N–H and O–H groups in total. The summed E-state index contributed by atoms with van der Waals surface area (Å²) < 4.78 is 5.69. The van der Waals surface area contributed by atoms with Crippen LogP contribution in [0.25, 0.3) is 10.2 Å². The van der Waals surface area contributed by atoms with Gasteiger partial charge in [0.05, 0.1) is 25.9 Å². The van der Waals surface area contributed by atoms with Crippen LogP contribution in [0.3, 0.4) is 0 Å². The lowest BCUT2D eigenvalue weighted by molar-refractivity contribution is -0.140. The summed E-state index contributed by atoms with van der Waals surface area (Å²) >= 11 is 13.6. The molecule has 2 aromatic carbocycles. The number of benzene rings is 2. The molecule has 0 saturated heterocycles. The van der Waals surface area contributed by atoms with Crippen LogP contribution in [-0.4, -0.2) is 30.6 Å². The molecular formula is C20H20Cl2N4O2S. The van der Waals surface area contributed by atoms with Gasteiger partial charge in [0.2, 0.25) is 5.13 Å². The van der Waals surface area contributed by atoms with Crippen molar-refractivity contribution in [3.8, 4) is 0 Å². The summed E-state index contributed by atoms with van der Waals surface area (Å²) in [6.45, 7) is 5.24. The van der Waals surface area contributed by atoms with Crippen molar-refractivity contribution in [3.63, 3.8) is 0 Å². The number of nitrogens with zero attached hydrogens (tertiary/aromatic N) is 3. The summed E-state index contributed by atoms with van der Waals surface area (Å²) in [4.78, 5) is 15.1. The van der Waals surface area contributed by atoms with Gasteiger partial charge in [0.1, 0.15) is 6.61 Å². The molecule has 6 nitrogen and oxygen atoms in total. The molecule has 3 rings (SSSR count). The van der Waals surface area contributed by atoms with Gasteiger partial charge < -0.3 is 10.1 Å². The van der Waals surface area contributed by atoms with Crippen LogP contribution < -0.4 is 5.32 Å². The van der Waals surface area contributed by atoms with Crippen LogP contribution in [0, 0.1) is 6.92 Å². The molecule has 0 unspecified atom stereocenters. The number of ether oxygens (including phenoxy) is 1. The van der Waals surface area contributed by atoms with Gasteiger partial charge >= 0.3 is 5.97 Å². The number of hydrogen-bond donors (Lipinski definition) is 1. The van der Waals surface area contributed by atoms with E-state index in [0.29, 0.717) is 28.3 Å². The van der Waals surface area contributed by atoms with Gasteiger partial charge in [-0.3, -0.25) is 4.79 Å². The smallest absolute Gasteiger partial charge is 0.302 e. The van der Waals surface area contributed by atoms with Crippen molar-refractivity contribution < 1.29 is 9.53 Å². The summed E-state index contributed by atoms with van der Waals surface area (Å²) in [5.41, 5.74) is 3.78. The number of hydrogen-bond acceptors (Lipinski definition) is 7. The summed E-state index contributed by atoms with van der Waals surface area (Å²) in [5.74, 6) is -0.259. The molecule has 0 saturated carbocycles. The fraction of sp³-hybridized carbons (Fsp3) is 0.300. The molecule has 152 valence electrons. The molecule has 0 aliphatic heterocycles. The largest absolute Gasteiger partial charge is 0.465 e. The van der Waals surface area contributed by atoms with Crippen LogP contribution >= 0.6 is 34.5 Å². The Balaban J connectivity index is 1.59. The van der Waals surface area contributed by atoms with Crippen LogP contribution in [-0.2, 0) is 16.0 Å². The molecule has 0 amide bonds. The zero-order valence-electron chi connectivity index (χ0n) is 16.0. The Morgan fingerprint density at radius 1 is 1.21 bits per heavy atom. The minimum absolute atomic E-state index is 0.259. The molecule has 0 bridgehead atoms. The number of azo groups is 1. The van der Waals surface area contributed by atoms with Crippen molar-refractivity contribution in [2.45, 2.75) is 20.3 Å². The molecule has 0 radical (unpaired) electrons. The minimum Gasteiger partial charge on any atom is -0.465 e. The number of rotatable bonds is 8. The Bertz CT molecular complexity index is 1050. The zero-order valence-corrected chi connectivity index (χ0v) is 18.4. The maximum atomic E-state index is 10.7. The molecule has 0 spiro atoms. The number of halogens is 2. The fourth-order valence-electron chi connectivity index (χ4n) is 2.67. The predicted octanol–water partition coefficient (Wildman–Crippen LogP) is 6.02. The van der Waals surface area contributed by atoms with Crippen molar-refractivity contribution in [1.82, 2.24) is 10.3 Å². The van der Waals surface area contributed by atoms with Crippen LogP contribution in [0.2, 0.25) is 10.0 Å². The van der Waals surface area contributed by atoms with Crippen molar-refractivity contribution in [3.05, 3.63) is 51.5 Å². The second-order valence-electron chi connectivity index (χ2n) is 6.37. The van der Waals surface area contributed by atoms with E-state index in [9.17, 15) is 4.79 Å². The van der Waals surface area contributed by atoms with Crippen LogP contribution in [0.5, 0.6) is 0 Å². The maximum Gasteiger partial charge on any atom is 0.302 e. The lowest BCUT2D eigenvalue weighted by Crippen LogP contribution is -2.23. The molecule has 1 heterocycles. The van der Waals surface area contributed by atoms with Gasteiger partial charge in [-0.05, 0) is 49.2 Å². The number of thiazole rings is 1. The summed E-state index contributed by atoms with van der Waals surface area (Å²) in [6.07, 6.45) is 0.870. The van der Waals surface area contributed by atoms with Gasteiger partial charge in [-0.2, -0.15) is 0 Å². The van der Waals surface area contributed by atoms with Crippen LogP contribution in [0.15, 0.2) is 40.6 Å². The molecule has 0 fully saturated rings. The maximum absolute atomic E-state index is 10.7. The van der Waals surface area contributed by atoms with E-state index in [1.165, 1.54) is 23.8 Å². The Kier molecular flexibility index (Phi) is 7.55. The molecule has 0 aliphatic rings. The molecule has 3 aromatic rings. The SMILES string of the molecule is CC(=O)OCCNCCc1ccc(N=Nc2nc3ccc(Cl)c(Cl)c3s2)c(C)c1. The first-order valence-corrected chi connectivity index (χ1v) is 10.6. The second-order valence-corrected chi connectivity index (χ2v) is 8.13. The average Bonchev–Trinajstić information content (AvgIpc) is 3.10. The van der Waals surface area contributed by atoms with Gasteiger partial charge in [-0.1, -0.05) is 46.7 Å². The molecule has 0 atom stereocenters. The highest BCUT2D eigenvalue weighted by Gasteiger charge is 2.10. The van der Waals surface area contributed by atoms with E-state index in [1.54, 1.807) is 6.07 Å². The number of fused-ring (bicyclic) bond motifs is 1. The lowest BCUT2D eigenvalue weighted by Gasteiger charge is -2.07. The van der Waals surface area contributed by atoms with E-state index in [-0.39, 0.29) is 5.97 Å². The molecular weight excluding hydrogens is 431 g/mol. The van der Waals surface area contributed by atoms with Crippen molar-refractivity contribution in [2.24, 2.45) is 10.2 Å². The van der Waals surface area contributed by atoms with Gasteiger partial charge in [-0.25, -0.2) is 4.98 Å². The fourth-order valence-corrected chi connectivity index (χ4v) is 3.99. The van der Waals surface area contributed by atoms with Crippen LogP contribution in [0.1, 0.15) is 18.1 Å². The van der Waals surface area contributed by atoms with Gasteiger partial charge in [0, 0.05) is 13.5 Å². The first-order chi connectivity index (χ1) is 13.9. The number of aryl methyl sites for hydroxylation is 1. The Hall–Kier alpha value is -2.06. The Morgan fingerprint density at radius 3 is 2.79 bits per heavy atom. The highest BCUT2D eigenvalue weighted by atomic mass is 35.5. The number of carbonyl (C=O) groups excluding carboxylic acids is 1. The lowest BCUT2D eigenvalue weighted by atomic mass is 10.1. The second kappa shape index (κ2) is 10.1. The van der Waals surface area contributed by atoms with Gasteiger partial charge in [-0.15, -0.1) is 10.2 Å². The average molecular weight is 451 g/mol. The predicted molar refractivity (Wildman–Crippen MR) is 118 cm³/mol. The first kappa shape index (κ1) is 21.6. The van der Waals surface area contributed by atoms with Crippen molar-refractivity contribution in [1.29, 1.82) is 0 Å². The Morgan fingerprint density at radius 2 is 2.03 bits per heavy atom. The molecule has 29 heavy (non-hydrogen) atoms. The van der Waals surface area contributed by atoms with E-state index in [1.807, 2.05) is 25.1 Å². The van der Waals surface area contributed by atoms with E-state index in [4.69, 9.17) is 27.9 Å². The monoisotopic (exact) mass is 450 g/mol. The third kappa shape index (κ3) is 5.96. The summed E-state index contributed by atoms with van der Waals surface area (Å²) in [6, 6.07) is 9.62. The minimum atomic E-state index is -0.259. The standard InChI is InChI=1S/C20H20Cl2N4O2S/c1-12-11-14(7-8-23-9-10-28-13(2)27)3-5-16(12)25-26-20-24-17-6-4-15(21)18(22)19(17)29-20/h3-6,11,23H,7-10H2,1-2H3. The Labute approximate surface area is 182 Å². The summed E-state index contributed by atoms with van der Waals surface area (Å²) in [7, 11) is 0. The van der Waals surface area contributed by atoms with Crippen molar-refractivity contribution >= 4 is 61.5 Å². The number of esters is 1. The zero-order chi connectivity index (χ0) is 20.8. The van der Waals surface area contributed by atoms with Gasteiger partial charge in [0.15, 0.2) is 0 Å². The highest BCUT2D eigenvalue weighted by molar-refractivity contribution is 7.22. The topological polar surface area (TPSA) is 75.9 Å². The number of nitrogens with one attached hydrogen (secondary N) is 1. The van der Waals surface area contributed by atoms with Crippen molar-refractivity contribution in [2.75, 3.05) is 19.7 Å². The number of aromatic nitrogens is 1. The molecule has 0 aliphatic carbocycles. The number of carbonyl (C=O) groups is 1. The quantitative estimate of drug-likeness (QED) is 0.258. The summed E-state index contributed by atoms with van der Waals surface area (Å²) in [5, 5.41) is 13.4. The van der Waals surface area contributed by atoms with E-state index >= 15 is 0 Å². The highest BCUT2D eigenvalue weighted by Crippen LogP contribution is 2.38. The first-order valence-electron chi connectivity index (χ1n) is 9.04. The van der Waals surface area contributed by atoms with E-state index in [0.717, 1.165) is 34.4 Å². The molecule has 9 heteroatoms. The van der Waals surface area contributed by atoms with Gasteiger partial charge in [0.25, 0.3) is 0 Å².